The van der Waals surface area contributed by atoms with E-state index >= 15 is 0 Å². The maximum absolute atomic E-state index is 12.9. The predicted molar refractivity (Wildman–Crippen MR) is 136 cm³/mol. The summed E-state index contributed by atoms with van der Waals surface area (Å²) in [4.78, 5) is 13.1. The van der Waals surface area contributed by atoms with Crippen LogP contribution in [-0.4, -0.2) is 40.1 Å². The molecule has 1 fully saturated rings. The Balaban J connectivity index is 1.50. The summed E-state index contributed by atoms with van der Waals surface area (Å²) in [6.07, 6.45) is 1.68. The van der Waals surface area contributed by atoms with Crippen LogP contribution in [-0.2, 0) is 20.0 Å². The van der Waals surface area contributed by atoms with Gasteiger partial charge in [-0.3, -0.25) is 9.52 Å². The maximum atomic E-state index is 12.9. The van der Waals surface area contributed by atoms with Crippen molar-refractivity contribution in [1.29, 1.82) is 0 Å². The highest BCUT2D eigenvalue weighted by atomic mass is 35.5. The molecule has 0 spiro atoms. The van der Waals surface area contributed by atoms with Gasteiger partial charge >= 0.3 is 0 Å². The van der Waals surface area contributed by atoms with E-state index in [9.17, 15) is 21.6 Å². The van der Waals surface area contributed by atoms with Crippen LogP contribution in [0.15, 0.2) is 76.5 Å². The Kier molecular flexibility index (Phi) is 7.18. The highest BCUT2D eigenvalue weighted by Crippen LogP contribution is 2.26. The van der Waals surface area contributed by atoms with Crippen LogP contribution < -0.4 is 10.0 Å². The van der Waals surface area contributed by atoms with Gasteiger partial charge < -0.3 is 5.32 Å². The molecule has 35 heavy (non-hydrogen) atoms. The number of nitrogens with zero attached hydrogens (tertiary/aromatic N) is 1. The summed E-state index contributed by atoms with van der Waals surface area (Å²) >= 11 is 6.20. The smallest absolute Gasteiger partial charge is 0.261 e. The fraction of sp³-hybridized carbons (Fsp3) is 0.208. The Morgan fingerprint density at radius 2 is 1.40 bits per heavy atom. The van der Waals surface area contributed by atoms with Crippen LogP contribution in [0.5, 0.6) is 0 Å². The largest absolute Gasteiger partial charge is 0.322 e. The summed E-state index contributed by atoms with van der Waals surface area (Å²) in [5.41, 5.74) is 1.53. The molecule has 0 saturated carbocycles. The van der Waals surface area contributed by atoms with Crippen molar-refractivity contribution >= 4 is 48.9 Å². The Bertz CT molecular complexity index is 1450. The van der Waals surface area contributed by atoms with Gasteiger partial charge in [0.15, 0.2) is 0 Å². The van der Waals surface area contributed by atoms with Gasteiger partial charge in [-0.2, -0.15) is 4.31 Å². The first-order valence-electron chi connectivity index (χ1n) is 10.9. The highest BCUT2D eigenvalue weighted by molar-refractivity contribution is 7.92. The summed E-state index contributed by atoms with van der Waals surface area (Å²) in [5, 5.41) is 2.80. The van der Waals surface area contributed by atoms with Gasteiger partial charge in [0.2, 0.25) is 10.0 Å². The molecule has 0 unspecified atom stereocenters. The zero-order chi connectivity index (χ0) is 25.2. The minimum atomic E-state index is -3.86. The number of nitrogens with one attached hydrogen (secondary N) is 2. The van der Waals surface area contributed by atoms with Crippen LogP contribution in [0.2, 0.25) is 5.02 Å². The number of aryl methyl sites for hydroxylation is 1. The van der Waals surface area contributed by atoms with Crippen LogP contribution in [0.3, 0.4) is 0 Å². The molecular weight excluding hydrogens is 510 g/mol. The van der Waals surface area contributed by atoms with E-state index < -0.39 is 26.0 Å². The van der Waals surface area contributed by atoms with Gasteiger partial charge in [-0.05, 0) is 74.4 Å². The normalized spacial score (nSPS) is 14.6. The number of sulfonamides is 2. The molecule has 1 aliphatic rings. The minimum Gasteiger partial charge on any atom is -0.322 e. The first kappa shape index (κ1) is 25.2. The molecule has 3 aromatic carbocycles. The third-order valence-electron chi connectivity index (χ3n) is 5.61. The highest BCUT2D eigenvalue weighted by Gasteiger charge is 2.27. The van der Waals surface area contributed by atoms with E-state index in [-0.39, 0.29) is 26.1 Å². The van der Waals surface area contributed by atoms with Crippen LogP contribution >= 0.6 is 11.6 Å². The second-order valence-corrected chi connectivity index (χ2v) is 12.2. The molecule has 0 radical (unpaired) electrons. The lowest BCUT2D eigenvalue weighted by molar-refractivity contribution is 0.102. The van der Waals surface area contributed by atoms with Crippen LogP contribution in [0.25, 0.3) is 0 Å². The lowest BCUT2D eigenvalue weighted by atomic mass is 10.2. The third kappa shape index (κ3) is 5.67. The van der Waals surface area contributed by atoms with Gasteiger partial charge in [0.25, 0.3) is 15.9 Å². The number of halogens is 1. The first-order valence-corrected chi connectivity index (χ1v) is 14.2. The number of carbonyl (C=O) groups is 1. The van der Waals surface area contributed by atoms with Gasteiger partial charge in [0.05, 0.1) is 20.4 Å². The van der Waals surface area contributed by atoms with E-state index in [1.807, 2.05) is 6.92 Å². The summed E-state index contributed by atoms with van der Waals surface area (Å²) in [6, 6.07) is 16.5. The van der Waals surface area contributed by atoms with Crippen LogP contribution in [0, 0.1) is 6.92 Å². The van der Waals surface area contributed by atoms with Gasteiger partial charge in [-0.15, -0.1) is 0 Å². The van der Waals surface area contributed by atoms with Crippen molar-refractivity contribution in [3.8, 4) is 0 Å². The monoisotopic (exact) mass is 533 g/mol. The fourth-order valence-electron chi connectivity index (χ4n) is 3.68. The number of carbonyl (C=O) groups excluding carboxylic acids is 1. The molecule has 0 aliphatic carbocycles. The summed E-state index contributed by atoms with van der Waals surface area (Å²) in [6.45, 7) is 2.86. The van der Waals surface area contributed by atoms with Crippen molar-refractivity contribution in [1.82, 2.24) is 4.31 Å². The Labute approximate surface area is 210 Å². The van der Waals surface area contributed by atoms with E-state index in [1.165, 1.54) is 58.9 Å². The zero-order valence-corrected chi connectivity index (χ0v) is 21.3. The van der Waals surface area contributed by atoms with E-state index in [4.69, 9.17) is 11.6 Å². The van der Waals surface area contributed by atoms with Crippen molar-refractivity contribution in [3.05, 3.63) is 82.9 Å². The van der Waals surface area contributed by atoms with Crippen molar-refractivity contribution < 1.29 is 21.6 Å². The topological polar surface area (TPSA) is 113 Å². The summed E-state index contributed by atoms with van der Waals surface area (Å²) < 4.78 is 54.6. The Morgan fingerprint density at radius 1 is 0.829 bits per heavy atom. The van der Waals surface area contributed by atoms with E-state index in [0.29, 0.717) is 18.8 Å². The SMILES string of the molecule is Cc1ccc(S(=O)(=O)Nc2ccc(Cl)c(C(=O)Nc3ccc(S(=O)(=O)N4CCCC4)cc3)c2)cc1. The molecule has 1 aliphatic heterocycles. The van der Waals surface area contributed by atoms with Crippen molar-refractivity contribution in [2.75, 3.05) is 23.1 Å². The molecule has 0 aromatic heterocycles. The lowest BCUT2D eigenvalue weighted by Gasteiger charge is -2.16. The number of hydrogen-bond acceptors (Lipinski definition) is 5. The summed E-state index contributed by atoms with van der Waals surface area (Å²) in [7, 11) is -7.41. The standard InChI is InChI=1S/C24H24ClN3O5S2/c1-17-4-9-20(10-5-17)34(30,31)27-19-8-13-23(25)22(16-19)24(29)26-18-6-11-21(12-7-18)35(32,33)28-14-2-3-15-28/h4-13,16,27H,2-3,14-15H2,1H3,(H,26,29). The van der Waals surface area contributed by atoms with E-state index in [0.717, 1.165) is 18.4 Å². The van der Waals surface area contributed by atoms with E-state index in [2.05, 4.69) is 10.0 Å². The quantitative estimate of drug-likeness (QED) is 0.465. The third-order valence-corrected chi connectivity index (χ3v) is 9.25. The number of hydrogen-bond donors (Lipinski definition) is 2. The lowest BCUT2D eigenvalue weighted by Crippen LogP contribution is -2.27. The Hall–Kier alpha value is -2.92. The first-order chi connectivity index (χ1) is 16.6. The zero-order valence-electron chi connectivity index (χ0n) is 18.9. The van der Waals surface area contributed by atoms with Gasteiger partial charge in [-0.25, -0.2) is 16.8 Å². The molecule has 0 atom stereocenters. The average Bonchev–Trinajstić information content (AvgIpc) is 3.37. The number of rotatable bonds is 7. The van der Waals surface area contributed by atoms with Gasteiger partial charge in [0, 0.05) is 24.5 Å². The molecule has 8 nitrogen and oxygen atoms in total. The van der Waals surface area contributed by atoms with Crippen molar-refractivity contribution in [2.24, 2.45) is 0 Å². The van der Waals surface area contributed by atoms with Gasteiger partial charge in [-0.1, -0.05) is 29.3 Å². The molecule has 0 bridgehead atoms. The second kappa shape index (κ2) is 9.98. The second-order valence-electron chi connectivity index (χ2n) is 8.20. The minimum absolute atomic E-state index is 0.0598. The van der Waals surface area contributed by atoms with Crippen LogP contribution in [0.1, 0.15) is 28.8 Å². The Morgan fingerprint density at radius 3 is 2.03 bits per heavy atom. The average molecular weight is 534 g/mol. The predicted octanol–water partition coefficient (Wildman–Crippen LogP) is 4.49. The van der Waals surface area contributed by atoms with Gasteiger partial charge in [0.1, 0.15) is 0 Å². The molecular formula is C24H24ClN3O5S2. The fourth-order valence-corrected chi connectivity index (χ4v) is 6.45. The van der Waals surface area contributed by atoms with Crippen molar-refractivity contribution in [3.63, 3.8) is 0 Å². The maximum Gasteiger partial charge on any atom is 0.261 e. The molecule has 1 amide bonds. The molecule has 1 saturated heterocycles. The molecule has 1 heterocycles. The number of benzene rings is 3. The number of amides is 1. The molecule has 2 N–H and O–H groups in total. The molecule has 11 heteroatoms. The van der Waals surface area contributed by atoms with Crippen LogP contribution in [0.4, 0.5) is 11.4 Å². The molecule has 4 rings (SSSR count). The molecule has 3 aromatic rings. The summed E-state index contributed by atoms with van der Waals surface area (Å²) in [5.74, 6) is -0.568. The molecule has 184 valence electrons. The number of anilines is 2. The van der Waals surface area contributed by atoms with Crippen molar-refractivity contribution in [2.45, 2.75) is 29.6 Å². The van der Waals surface area contributed by atoms with E-state index in [1.54, 1.807) is 12.1 Å².